The van der Waals surface area contributed by atoms with Crippen LogP contribution in [0, 0.1) is 5.92 Å². The van der Waals surface area contributed by atoms with Crippen molar-refractivity contribution in [1.29, 1.82) is 0 Å². The first-order valence-electron chi connectivity index (χ1n) is 11.5. The first-order chi connectivity index (χ1) is 15.1. The summed E-state index contributed by atoms with van der Waals surface area (Å²) in [6, 6.07) is 5.41. The second-order valence-electron chi connectivity index (χ2n) is 8.98. The zero-order valence-corrected chi connectivity index (χ0v) is 18.5. The molecule has 7 nitrogen and oxygen atoms in total. The Bertz CT molecular complexity index is 789. The van der Waals surface area contributed by atoms with E-state index in [1.807, 2.05) is 23.1 Å². The predicted molar refractivity (Wildman–Crippen MR) is 118 cm³/mol. The average molecular weight is 427 g/mol. The third-order valence-electron chi connectivity index (χ3n) is 6.98. The van der Waals surface area contributed by atoms with E-state index in [2.05, 4.69) is 22.0 Å². The lowest BCUT2D eigenvalue weighted by molar-refractivity contribution is -0.136. The number of allylic oxidation sites excluding steroid dienone is 2. The molecule has 1 spiro atoms. The number of carbonyl (C=O) groups is 2. The number of urea groups is 1. The highest BCUT2D eigenvalue weighted by molar-refractivity contribution is 6.07. The summed E-state index contributed by atoms with van der Waals surface area (Å²) in [6.45, 7) is 4.16. The summed E-state index contributed by atoms with van der Waals surface area (Å²) in [5.74, 6) is 0.652. The van der Waals surface area contributed by atoms with E-state index in [1.165, 1.54) is 17.7 Å². The zero-order valence-electron chi connectivity index (χ0n) is 18.5. The lowest BCUT2D eigenvalue weighted by Gasteiger charge is -2.43. The molecular weight excluding hydrogens is 392 g/mol. The molecule has 0 bridgehead atoms. The van der Waals surface area contributed by atoms with Crippen LogP contribution in [0.15, 0.2) is 36.5 Å². The minimum absolute atomic E-state index is 0.0548. The Hall–Kier alpha value is -2.25. The highest BCUT2D eigenvalue weighted by Gasteiger charge is 2.57. The van der Waals surface area contributed by atoms with Crippen LogP contribution in [-0.2, 0) is 16.1 Å². The minimum Gasteiger partial charge on any atom is -0.385 e. The summed E-state index contributed by atoms with van der Waals surface area (Å²) in [7, 11) is 1.67. The number of pyridine rings is 1. The number of methoxy groups -OCH3 is 1. The second kappa shape index (κ2) is 9.92. The molecule has 3 heterocycles. The summed E-state index contributed by atoms with van der Waals surface area (Å²) >= 11 is 0. The van der Waals surface area contributed by atoms with Crippen LogP contribution in [0.2, 0.25) is 0 Å². The van der Waals surface area contributed by atoms with Gasteiger partial charge < -0.3 is 14.5 Å². The lowest BCUT2D eigenvalue weighted by atomic mass is 9.84. The molecule has 0 aromatic carbocycles. The van der Waals surface area contributed by atoms with E-state index in [0.717, 1.165) is 38.2 Å². The number of piperidine rings is 1. The number of hydrogen-bond acceptors (Lipinski definition) is 5. The number of rotatable bonds is 8. The molecule has 1 atom stereocenters. The molecule has 3 amide bonds. The zero-order chi connectivity index (χ0) is 21.7. The van der Waals surface area contributed by atoms with Crippen molar-refractivity contribution in [2.24, 2.45) is 5.92 Å². The molecule has 2 fully saturated rings. The van der Waals surface area contributed by atoms with Gasteiger partial charge in [-0.2, -0.15) is 0 Å². The Morgan fingerprint density at radius 3 is 2.71 bits per heavy atom. The van der Waals surface area contributed by atoms with Crippen LogP contribution in [-0.4, -0.2) is 77.1 Å². The van der Waals surface area contributed by atoms with Gasteiger partial charge in [-0.3, -0.25) is 14.7 Å². The molecule has 1 aromatic rings. The molecule has 0 unspecified atom stereocenters. The van der Waals surface area contributed by atoms with Gasteiger partial charge >= 0.3 is 6.03 Å². The van der Waals surface area contributed by atoms with Crippen LogP contribution in [0.3, 0.4) is 0 Å². The molecule has 1 aromatic heterocycles. The number of carbonyl (C=O) groups excluding carboxylic acids is 2. The van der Waals surface area contributed by atoms with Crippen molar-refractivity contribution >= 4 is 11.9 Å². The fourth-order valence-corrected chi connectivity index (χ4v) is 5.23. The molecule has 0 radical (unpaired) electrons. The van der Waals surface area contributed by atoms with Crippen molar-refractivity contribution < 1.29 is 14.3 Å². The van der Waals surface area contributed by atoms with Crippen LogP contribution in [0.25, 0.3) is 0 Å². The van der Waals surface area contributed by atoms with E-state index in [9.17, 15) is 9.59 Å². The molecule has 2 aliphatic heterocycles. The number of ether oxygens (including phenoxy) is 1. The molecule has 168 valence electrons. The highest BCUT2D eigenvalue weighted by atomic mass is 16.5. The molecule has 2 saturated heterocycles. The number of hydrogen-bond donors (Lipinski definition) is 0. The molecule has 3 aliphatic rings. The van der Waals surface area contributed by atoms with Crippen LogP contribution in [0.1, 0.15) is 44.2 Å². The van der Waals surface area contributed by atoms with Gasteiger partial charge in [-0.05, 0) is 56.6 Å². The number of aromatic nitrogens is 1. The number of amides is 3. The third kappa shape index (κ3) is 4.67. The van der Waals surface area contributed by atoms with E-state index in [-0.39, 0.29) is 18.5 Å². The smallest absolute Gasteiger partial charge is 0.328 e. The van der Waals surface area contributed by atoms with Gasteiger partial charge in [-0.25, -0.2) is 4.79 Å². The molecule has 0 saturated carbocycles. The Labute approximate surface area is 185 Å². The van der Waals surface area contributed by atoms with Gasteiger partial charge in [0.25, 0.3) is 5.91 Å². The van der Waals surface area contributed by atoms with E-state index < -0.39 is 5.54 Å². The molecular formula is C24H34N4O3. The maximum Gasteiger partial charge on any atom is 0.328 e. The maximum atomic E-state index is 13.6. The highest BCUT2D eigenvalue weighted by Crippen LogP contribution is 2.38. The summed E-state index contributed by atoms with van der Waals surface area (Å²) in [4.78, 5) is 37.0. The van der Waals surface area contributed by atoms with Crippen molar-refractivity contribution in [3.8, 4) is 0 Å². The SMILES string of the molecule is COCCCN1C(=O)N(Cc2ccccn2)C(=O)C12CCN(C[C@@H]1CC=CCC1)CC2. The van der Waals surface area contributed by atoms with Crippen LogP contribution in [0.4, 0.5) is 4.79 Å². The van der Waals surface area contributed by atoms with Gasteiger partial charge in [-0.15, -0.1) is 0 Å². The van der Waals surface area contributed by atoms with E-state index in [0.29, 0.717) is 31.9 Å². The van der Waals surface area contributed by atoms with E-state index in [4.69, 9.17) is 4.74 Å². The average Bonchev–Trinajstić information content (AvgIpc) is 2.99. The first kappa shape index (κ1) is 22.0. The van der Waals surface area contributed by atoms with Gasteiger partial charge in [0.15, 0.2) is 0 Å². The van der Waals surface area contributed by atoms with Gasteiger partial charge in [0.2, 0.25) is 0 Å². The van der Waals surface area contributed by atoms with Gasteiger partial charge in [-0.1, -0.05) is 18.2 Å². The summed E-state index contributed by atoms with van der Waals surface area (Å²) in [5, 5.41) is 0. The standard InChI is InChI=1S/C24H34N4O3/c1-31-17-7-14-28-23(30)27(19-21-10-5-6-13-25-21)22(29)24(28)11-15-26(16-12-24)18-20-8-3-2-4-9-20/h2-3,5-6,10,13,20H,4,7-9,11-12,14-19H2,1H3/t20-/m1/s1. The van der Waals surface area contributed by atoms with Gasteiger partial charge in [0.05, 0.1) is 12.2 Å². The molecule has 7 heteroatoms. The first-order valence-corrected chi connectivity index (χ1v) is 11.5. The Kier molecular flexibility index (Phi) is 7.02. The maximum absolute atomic E-state index is 13.6. The Morgan fingerprint density at radius 1 is 1.19 bits per heavy atom. The lowest BCUT2D eigenvalue weighted by Crippen LogP contribution is -2.57. The van der Waals surface area contributed by atoms with Crippen molar-refractivity contribution in [3.05, 3.63) is 42.2 Å². The molecule has 4 rings (SSSR count). The van der Waals surface area contributed by atoms with Crippen molar-refractivity contribution in [2.75, 3.05) is 39.9 Å². The quantitative estimate of drug-likeness (QED) is 0.363. The second-order valence-corrected chi connectivity index (χ2v) is 8.98. The van der Waals surface area contributed by atoms with Crippen LogP contribution in [0.5, 0.6) is 0 Å². The van der Waals surface area contributed by atoms with E-state index in [1.54, 1.807) is 13.3 Å². The number of nitrogens with zero attached hydrogens (tertiary/aromatic N) is 4. The summed E-state index contributed by atoms with van der Waals surface area (Å²) in [6.07, 6.45) is 12.0. The summed E-state index contributed by atoms with van der Waals surface area (Å²) < 4.78 is 5.20. The third-order valence-corrected chi connectivity index (χ3v) is 6.98. The number of imide groups is 1. The largest absolute Gasteiger partial charge is 0.385 e. The number of likely N-dealkylation sites (tertiary alicyclic amines) is 1. The minimum atomic E-state index is -0.720. The Morgan fingerprint density at radius 2 is 2.03 bits per heavy atom. The van der Waals surface area contributed by atoms with Crippen molar-refractivity contribution in [3.63, 3.8) is 0 Å². The van der Waals surface area contributed by atoms with Gasteiger partial charge in [0.1, 0.15) is 5.54 Å². The van der Waals surface area contributed by atoms with Crippen molar-refractivity contribution in [2.45, 2.75) is 50.6 Å². The van der Waals surface area contributed by atoms with Crippen molar-refractivity contribution in [1.82, 2.24) is 19.7 Å². The topological polar surface area (TPSA) is 66.0 Å². The molecule has 0 N–H and O–H groups in total. The monoisotopic (exact) mass is 426 g/mol. The van der Waals surface area contributed by atoms with Crippen LogP contribution < -0.4 is 0 Å². The Balaban J connectivity index is 1.47. The fourth-order valence-electron chi connectivity index (χ4n) is 5.23. The van der Waals surface area contributed by atoms with Gasteiger partial charge in [0, 0.05) is 46.1 Å². The molecule has 1 aliphatic carbocycles. The van der Waals surface area contributed by atoms with Crippen LogP contribution >= 0.6 is 0 Å². The summed E-state index contributed by atoms with van der Waals surface area (Å²) in [5.41, 5.74) is 0.0173. The predicted octanol–water partition coefficient (Wildman–Crippen LogP) is 3.07. The normalized spacial score (nSPS) is 23.8. The molecule has 31 heavy (non-hydrogen) atoms. The van der Waals surface area contributed by atoms with E-state index >= 15 is 0 Å². The fraction of sp³-hybridized carbons (Fsp3) is 0.625.